The summed E-state index contributed by atoms with van der Waals surface area (Å²) >= 11 is 0. The molecule has 0 spiro atoms. The monoisotopic (exact) mass is 275 g/mol. The van der Waals surface area contributed by atoms with Crippen molar-refractivity contribution in [2.45, 2.75) is 51.5 Å². The van der Waals surface area contributed by atoms with E-state index < -0.39 is 0 Å². The molecule has 1 saturated heterocycles. The van der Waals surface area contributed by atoms with E-state index in [-0.39, 0.29) is 0 Å². The van der Waals surface area contributed by atoms with E-state index in [0.29, 0.717) is 6.04 Å². The molecule has 2 atom stereocenters. The highest BCUT2D eigenvalue weighted by atomic mass is 15.2. The molecule has 2 heterocycles. The number of aromatic nitrogens is 1. The lowest BCUT2D eigenvalue weighted by molar-refractivity contribution is 0.129. The smallest absolute Gasteiger partial charge is 0.0371 e. The summed E-state index contributed by atoms with van der Waals surface area (Å²) in [4.78, 5) is 2.75. The normalized spacial score (nSPS) is 27.6. The van der Waals surface area contributed by atoms with Crippen molar-refractivity contribution in [2.24, 2.45) is 18.7 Å². The quantitative estimate of drug-likeness (QED) is 0.920. The number of nitrogens with two attached hydrogens (primary N) is 1. The number of fused-ring (bicyclic) bond motifs is 1. The predicted octanol–water partition coefficient (Wildman–Crippen LogP) is 2.77. The Bertz CT molecular complexity index is 457. The zero-order valence-electron chi connectivity index (χ0n) is 13.1. The summed E-state index contributed by atoms with van der Waals surface area (Å²) in [6, 6.07) is 0.650. The summed E-state index contributed by atoms with van der Waals surface area (Å²) in [6.45, 7) is 5.69. The van der Waals surface area contributed by atoms with Gasteiger partial charge in [0.1, 0.15) is 0 Å². The van der Waals surface area contributed by atoms with Gasteiger partial charge in [0, 0.05) is 25.0 Å². The molecule has 3 rings (SSSR count). The highest BCUT2D eigenvalue weighted by molar-refractivity contribution is 5.37. The molecular formula is C17H29N3. The Morgan fingerprint density at radius 1 is 1.25 bits per heavy atom. The second-order valence-electron chi connectivity index (χ2n) is 6.78. The van der Waals surface area contributed by atoms with Gasteiger partial charge in [0.2, 0.25) is 0 Å². The summed E-state index contributed by atoms with van der Waals surface area (Å²) in [6.07, 6.45) is 10.2. The van der Waals surface area contributed by atoms with Gasteiger partial charge in [-0.1, -0.05) is 6.42 Å². The molecule has 0 amide bonds. The van der Waals surface area contributed by atoms with Gasteiger partial charge in [0.25, 0.3) is 0 Å². The van der Waals surface area contributed by atoms with E-state index in [1.54, 1.807) is 11.3 Å². The van der Waals surface area contributed by atoms with Crippen LogP contribution in [-0.2, 0) is 13.5 Å². The Labute approximate surface area is 123 Å². The van der Waals surface area contributed by atoms with Gasteiger partial charge in [0.15, 0.2) is 0 Å². The standard InChI is InChI=1S/C17H29N3/c1-13-12-19(2)15-10-14(6-7-18)11-16(17(13)15)20-8-4-3-5-9-20/h12,14,16H,3-11,18H2,1-2H3. The molecule has 2 unspecified atom stereocenters. The van der Waals surface area contributed by atoms with Crippen LogP contribution in [-0.4, -0.2) is 29.1 Å². The van der Waals surface area contributed by atoms with Crippen LogP contribution in [0.1, 0.15) is 55.0 Å². The maximum atomic E-state index is 5.83. The van der Waals surface area contributed by atoms with Crippen LogP contribution >= 0.6 is 0 Å². The van der Waals surface area contributed by atoms with Crippen molar-refractivity contribution < 1.29 is 0 Å². The molecule has 1 aliphatic carbocycles. The first-order chi connectivity index (χ1) is 9.70. The van der Waals surface area contributed by atoms with Crippen molar-refractivity contribution in [3.63, 3.8) is 0 Å². The number of piperidine rings is 1. The summed E-state index contributed by atoms with van der Waals surface area (Å²) in [5.41, 5.74) is 10.5. The van der Waals surface area contributed by atoms with Gasteiger partial charge >= 0.3 is 0 Å². The van der Waals surface area contributed by atoms with E-state index in [9.17, 15) is 0 Å². The summed E-state index contributed by atoms with van der Waals surface area (Å²) in [5, 5.41) is 0. The minimum atomic E-state index is 0.650. The van der Waals surface area contributed by atoms with E-state index in [4.69, 9.17) is 5.73 Å². The van der Waals surface area contributed by atoms with Crippen LogP contribution in [0.25, 0.3) is 0 Å². The molecule has 2 N–H and O–H groups in total. The largest absolute Gasteiger partial charge is 0.354 e. The number of rotatable bonds is 3. The fourth-order valence-electron chi connectivity index (χ4n) is 4.37. The van der Waals surface area contributed by atoms with E-state index in [2.05, 4.69) is 29.6 Å². The van der Waals surface area contributed by atoms with Gasteiger partial charge in [0.05, 0.1) is 0 Å². The maximum absolute atomic E-state index is 5.83. The van der Waals surface area contributed by atoms with Gasteiger partial charge in [-0.3, -0.25) is 4.90 Å². The lowest BCUT2D eigenvalue weighted by Crippen LogP contribution is -2.38. The molecule has 0 bridgehead atoms. The SMILES string of the molecule is Cc1cn(C)c2c1C(N1CCCCC1)CC(CCN)C2. The molecule has 20 heavy (non-hydrogen) atoms. The average molecular weight is 275 g/mol. The fraction of sp³-hybridized carbons (Fsp3) is 0.765. The molecule has 112 valence electrons. The first kappa shape index (κ1) is 14.2. The van der Waals surface area contributed by atoms with Crippen LogP contribution in [0.3, 0.4) is 0 Å². The minimum absolute atomic E-state index is 0.650. The molecule has 1 aliphatic heterocycles. The Balaban J connectivity index is 1.91. The van der Waals surface area contributed by atoms with E-state index in [0.717, 1.165) is 12.5 Å². The van der Waals surface area contributed by atoms with E-state index in [1.165, 1.54) is 57.2 Å². The van der Waals surface area contributed by atoms with Crippen molar-refractivity contribution in [3.8, 4) is 0 Å². The van der Waals surface area contributed by atoms with Crippen LogP contribution in [0.4, 0.5) is 0 Å². The molecule has 3 nitrogen and oxygen atoms in total. The second kappa shape index (κ2) is 5.90. The highest BCUT2D eigenvalue weighted by Gasteiger charge is 2.34. The molecular weight excluding hydrogens is 246 g/mol. The Hall–Kier alpha value is -0.800. The first-order valence-corrected chi connectivity index (χ1v) is 8.29. The number of aryl methyl sites for hydroxylation is 2. The van der Waals surface area contributed by atoms with Crippen molar-refractivity contribution in [1.29, 1.82) is 0 Å². The van der Waals surface area contributed by atoms with Gasteiger partial charge in [-0.05, 0) is 75.7 Å². The summed E-state index contributed by atoms with van der Waals surface area (Å²) < 4.78 is 2.37. The molecule has 0 aromatic carbocycles. The third-order valence-electron chi connectivity index (χ3n) is 5.33. The van der Waals surface area contributed by atoms with Crippen molar-refractivity contribution in [3.05, 3.63) is 23.0 Å². The van der Waals surface area contributed by atoms with Crippen LogP contribution in [0, 0.1) is 12.8 Å². The molecule has 3 heteroatoms. The topological polar surface area (TPSA) is 34.2 Å². The summed E-state index contributed by atoms with van der Waals surface area (Å²) in [7, 11) is 2.21. The van der Waals surface area contributed by atoms with Crippen molar-refractivity contribution in [1.82, 2.24) is 9.47 Å². The van der Waals surface area contributed by atoms with Gasteiger partial charge in [-0.2, -0.15) is 0 Å². The molecule has 2 aliphatic rings. The lowest BCUT2D eigenvalue weighted by Gasteiger charge is -2.40. The van der Waals surface area contributed by atoms with Crippen LogP contribution in [0.2, 0.25) is 0 Å². The molecule has 0 radical (unpaired) electrons. The zero-order valence-corrected chi connectivity index (χ0v) is 13.1. The minimum Gasteiger partial charge on any atom is -0.354 e. The number of hydrogen-bond donors (Lipinski definition) is 1. The van der Waals surface area contributed by atoms with Gasteiger partial charge in [-0.15, -0.1) is 0 Å². The summed E-state index contributed by atoms with van der Waals surface area (Å²) in [5.74, 6) is 0.771. The average Bonchev–Trinajstić information content (AvgIpc) is 2.75. The number of nitrogens with zero attached hydrogens (tertiary/aromatic N) is 2. The fourth-order valence-corrected chi connectivity index (χ4v) is 4.37. The molecule has 0 saturated carbocycles. The highest BCUT2D eigenvalue weighted by Crippen LogP contribution is 2.41. The van der Waals surface area contributed by atoms with Crippen LogP contribution in [0.15, 0.2) is 6.20 Å². The molecule has 1 aromatic heterocycles. The second-order valence-corrected chi connectivity index (χ2v) is 6.78. The molecule has 1 aromatic rings. The van der Waals surface area contributed by atoms with E-state index in [1.807, 2.05) is 0 Å². The first-order valence-electron chi connectivity index (χ1n) is 8.29. The Kier molecular flexibility index (Phi) is 4.18. The Morgan fingerprint density at radius 2 is 2.00 bits per heavy atom. The van der Waals surface area contributed by atoms with Crippen molar-refractivity contribution >= 4 is 0 Å². The van der Waals surface area contributed by atoms with Crippen molar-refractivity contribution in [2.75, 3.05) is 19.6 Å². The zero-order chi connectivity index (χ0) is 14.1. The number of likely N-dealkylation sites (tertiary alicyclic amines) is 1. The van der Waals surface area contributed by atoms with Gasteiger partial charge < -0.3 is 10.3 Å². The molecule has 1 fully saturated rings. The maximum Gasteiger partial charge on any atom is 0.0371 e. The lowest BCUT2D eigenvalue weighted by atomic mass is 9.80. The van der Waals surface area contributed by atoms with Gasteiger partial charge in [-0.25, -0.2) is 0 Å². The van der Waals surface area contributed by atoms with Crippen LogP contribution in [0.5, 0.6) is 0 Å². The Morgan fingerprint density at radius 3 is 2.70 bits per heavy atom. The third-order valence-corrected chi connectivity index (χ3v) is 5.33. The third kappa shape index (κ3) is 2.53. The predicted molar refractivity (Wildman–Crippen MR) is 83.8 cm³/mol. The van der Waals surface area contributed by atoms with Crippen LogP contribution < -0.4 is 5.73 Å². The van der Waals surface area contributed by atoms with E-state index >= 15 is 0 Å². The number of hydrogen-bond acceptors (Lipinski definition) is 2.